The van der Waals surface area contributed by atoms with Crippen LogP contribution >= 0.6 is 0 Å². The lowest BCUT2D eigenvalue weighted by Crippen LogP contribution is -1.99. The number of nitrogens with one attached hydrogen (secondary N) is 1. The van der Waals surface area contributed by atoms with E-state index in [1.807, 2.05) is 48.5 Å². The number of nitrogens with zero attached hydrogens (tertiary/aromatic N) is 1. The average molecular weight is 328 g/mol. The minimum Gasteiger partial charge on any atom is -0.478 e. The molecule has 0 spiro atoms. The zero-order valence-electron chi connectivity index (χ0n) is 13.4. The summed E-state index contributed by atoms with van der Waals surface area (Å²) in [5, 5.41) is 12.4. The van der Waals surface area contributed by atoms with Crippen molar-refractivity contribution in [2.75, 3.05) is 5.32 Å². The molecule has 0 amide bonds. The lowest BCUT2D eigenvalue weighted by molar-refractivity contribution is 0.0697. The van der Waals surface area contributed by atoms with Gasteiger partial charge in [0.15, 0.2) is 0 Å². The van der Waals surface area contributed by atoms with Crippen molar-refractivity contribution in [3.05, 3.63) is 95.3 Å². The van der Waals surface area contributed by atoms with Gasteiger partial charge >= 0.3 is 5.97 Å². The first-order valence-electron chi connectivity index (χ1n) is 7.80. The first-order valence-corrected chi connectivity index (χ1v) is 7.80. The molecule has 0 bridgehead atoms. The SMILES string of the molecule is [C-]#[N+]c1ccc(-c2cccc(C(=O)O)c2)cc1NCc1ccccc1. The van der Waals surface area contributed by atoms with Gasteiger partial charge in [0.2, 0.25) is 5.69 Å². The topological polar surface area (TPSA) is 53.7 Å². The summed E-state index contributed by atoms with van der Waals surface area (Å²) in [7, 11) is 0. The zero-order chi connectivity index (χ0) is 17.6. The number of hydrogen-bond donors (Lipinski definition) is 2. The van der Waals surface area contributed by atoms with Gasteiger partial charge in [0, 0.05) is 12.2 Å². The molecule has 0 heterocycles. The molecule has 0 radical (unpaired) electrons. The summed E-state index contributed by atoms with van der Waals surface area (Å²) < 4.78 is 0. The third-order valence-corrected chi connectivity index (χ3v) is 3.89. The lowest BCUT2D eigenvalue weighted by atomic mass is 10.0. The van der Waals surface area contributed by atoms with Gasteiger partial charge in [-0.3, -0.25) is 0 Å². The highest BCUT2D eigenvalue weighted by molar-refractivity contribution is 5.90. The van der Waals surface area contributed by atoms with Gasteiger partial charge in [0.25, 0.3) is 0 Å². The molecule has 0 atom stereocenters. The monoisotopic (exact) mass is 328 g/mol. The molecule has 3 aromatic carbocycles. The van der Waals surface area contributed by atoms with Crippen LogP contribution in [-0.2, 0) is 6.54 Å². The first-order chi connectivity index (χ1) is 12.2. The quantitative estimate of drug-likeness (QED) is 0.632. The zero-order valence-corrected chi connectivity index (χ0v) is 13.4. The van der Waals surface area contributed by atoms with E-state index in [0.717, 1.165) is 22.4 Å². The number of carboxylic acid groups (broad SMARTS) is 1. The minimum absolute atomic E-state index is 0.241. The fourth-order valence-corrected chi connectivity index (χ4v) is 2.58. The summed E-state index contributed by atoms with van der Waals surface area (Å²) in [6, 6.07) is 22.2. The van der Waals surface area contributed by atoms with Crippen LogP contribution in [0.1, 0.15) is 15.9 Å². The minimum atomic E-state index is -0.956. The van der Waals surface area contributed by atoms with Crippen LogP contribution < -0.4 is 5.32 Å². The first kappa shape index (κ1) is 16.3. The normalized spacial score (nSPS) is 10.0. The Bertz CT molecular complexity index is 944. The molecule has 0 aliphatic heterocycles. The van der Waals surface area contributed by atoms with E-state index in [0.29, 0.717) is 12.2 Å². The third kappa shape index (κ3) is 3.85. The largest absolute Gasteiger partial charge is 0.478 e. The molecule has 0 aliphatic rings. The molecular formula is C21H16N2O2. The maximum Gasteiger partial charge on any atom is 0.335 e. The van der Waals surface area contributed by atoms with E-state index in [9.17, 15) is 4.79 Å². The summed E-state index contributed by atoms with van der Waals surface area (Å²) in [5.41, 5.74) is 4.30. The van der Waals surface area contributed by atoms with E-state index in [1.165, 1.54) is 0 Å². The highest BCUT2D eigenvalue weighted by Gasteiger charge is 2.08. The molecule has 25 heavy (non-hydrogen) atoms. The lowest BCUT2D eigenvalue weighted by Gasteiger charge is -2.11. The van der Waals surface area contributed by atoms with E-state index in [1.54, 1.807) is 24.3 Å². The fraction of sp³-hybridized carbons (Fsp3) is 0.0476. The van der Waals surface area contributed by atoms with Gasteiger partial charge in [-0.1, -0.05) is 54.6 Å². The predicted molar refractivity (Wildman–Crippen MR) is 98.9 cm³/mol. The Balaban J connectivity index is 1.91. The van der Waals surface area contributed by atoms with Crippen molar-refractivity contribution in [3.63, 3.8) is 0 Å². The van der Waals surface area contributed by atoms with E-state index in [4.69, 9.17) is 11.7 Å². The Hall–Kier alpha value is -3.58. The van der Waals surface area contributed by atoms with Crippen molar-refractivity contribution >= 4 is 17.3 Å². The molecule has 3 aromatic rings. The maximum absolute atomic E-state index is 11.2. The van der Waals surface area contributed by atoms with Crippen LogP contribution in [0, 0.1) is 6.57 Å². The molecule has 0 aliphatic carbocycles. The highest BCUT2D eigenvalue weighted by atomic mass is 16.4. The number of rotatable bonds is 5. The van der Waals surface area contributed by atoms with Gasteiger partial charge in [-0.2, -0.15) is 0 Å². The van der Waals surface area contributed by atoms with Crippen LogP contribution in [0.4, 0.5) is 11.4 Å². The highest BCUT2D eigenvalue weighted by Crippen LogP contribution is 2.31. The van der Waals surface area contributed by atoms with Gasteiger partial charge in [-0.25, -0.2) is 9.64 Å². The van der Waals surface area contributed by atoms with Crippen LogP contribution in [0.15, 0.2) is 72.8 Å². The number of aromatic carboxylic acids is 1. The Morgan fingerprint density at radius 1 is 0.960 bits per heavy atom. The van der Waals surface area contributed by atoms with Crippen LogP contribution in [0.3, 0.4) is 0 Å². The van der Waals surface area contributed by atoms with E-state index in [-0.39, 0.29) is 5.56 Å². The van der Waals surface area contributed by atoms with Crippen LogP contribution in [0.5, 0.6) is 0 Å². The fourth-order valence-electron chi connectivity index (χ4n) is 2.58. The second-order valence-corrected chi connectivity index (χ2v) is 5.57. The number of hydrogen-bond acceptors (Lipinski definition) is 2. The number of carboxylic acids is 1. The smallest absolute Gasteiger partial charge is 0.335 e. The van der Waals surface area contributed by atoms with Crippen molar-refractivity contribution in [3.8, 4) is 11.1 Å². The summed E-state index contributed by atoms with van der Waals surface area (Å²) in [6.45, 7) is 7.95. The van der Waals surface area contributed by atoms with Crippen molar-refractivity contribution in [1.82, 2.24) is 0 Å². The van der Waals surface area contributed by atoms with Gasteiger partial charge in [-0.05, 0) is 34.9 Å². The van der Waals surface area contributed by atoms with E-state index in [2.05, 4.69) is 10.2 Å². The Kier molecular flexibility index (Phi) is 4.77. The van der Waals surface area contributed by atoms with Crippen LogP contribution in [0.25, 0.3) is 16.0 Å². The molecule has 0 unspecified atom stereocenters. The summed E-state index contributed by atoms with van der Waals surface area (Å²) in [5.74, 6) is -0.956. The van der Waals surface area contributed by atoms with Gasteiger partial charge in [0.05, 0.1) is 12.1 Å². The van der Waals surface area contributed by atoms with E-state index >= 15 is 0 Å². The molecular weight excluding hydrogens is 312 g/mol. The Morgan fingerprint density at radius 2 is 1.72 bits per heavy atom. The second-order valence-electron chi connectivity index (χ2n) is 5.57. The third-order valence-electron chi connectivity index (χ3n) is 3.89. The van der Waals surface area contributed by atoms with Crippen molar-refractivity contribution < 1.29 is 9.90 Å². The maximum atomic E-state index is 11.2. The predicted octanol–water partition coefficient (Wildman–Crippen LogP) is 5.21. The molecule has 4 heteroatoms. The number of carbonyl (C=O) groups is 1. The summed E-state index contributed by atoms with van der Waals surface area (Å²) >= 11 is 0. The molecule has 3 rings (SSSR count). The molecule has 0 saturated carbocycles. The van der Waals surface area contributed by atoms with Gasteiger partial charge in [0.1, 0.15) is 0 Å². The molecule has 2 N–H and O–H groups in total. The van der Waals surface area contributed by atoms with Crippen molar-refractivity contribution in [2.45, 2.75) is 6.54 Å². The Morgan fingerprint density at radius 3 is 2.44 bits per heavy atom. The van der Waals surface area contributed by atoms with Crippen molar-refractivity contribution in [2.24, 2.45) is 0 Å². The summed E-state index contributed by atoms with van der Waals surface area (Å²) in [4.78, 5) is 14.7. The molecule has 4 nitrogen and oxygen atoms in total. The molecule has 0 saturated heterocycles. The average Bonchev–Trinajstić information content (AvgIpc) is 2.67. The van der Waals surface area contributed by atoms with Gasteiger partial charge in [-0.15, -0.1) is 0 Å². The van der Waals surface area contributed by atoms with Crippen molar-refractivity contribution in [1.29, 1.82) is 0 Å². The van der Waals surface area contributed by atoms with E-state index < -0.39 is 5.97 Å². The van der Waals surface area contributed by atoms with Crippen LogP contribution in [0.2, 0.25) is 0 Å². The Labute approximate surface area is 146 Å². The molecule has 0 aromatic heterocycles. The molecule has 0 fully saturated rings. The van der Waals surface area contributed by atoms with Gasteiger partial charge < -0.3 is 10.4 Å². The number of anilines is 1. The standard InChI is InChI=1S/C21H16N2O2/c1-22-19-11-10-17(16-8-5-9-18(12-16)21(24)25)13-20(19)23-14-15-6-3-2-4-7-15/h2-13,23H,14H2,(H,24,25). The summed E-state index contributed by atoms with van der Waals surface area (Å²) in [6.07, 6.45) is 0. The second kappa shape index (κ2) is 7.33. The number of benzene rings is 3. The molecule has 122 valence electrons. The van der Waals surface area contributed by atoms with Crippen LogP contribution in [-0.4, -0.2) is 11.1 Å².